The summed E-state index contributed by atoms with van der Waals surface area (Å²) in [5, 5.41) is 2.13. The SMILES string of the molecule is O=C1CN(CCc2cc(F)cc(F)c2)C(=O)N1. The van der Waals surface area contributed by atoms with E-state index in [4.69, 9.17) is 0 Å². The largest absolute Gasteiger partial charge is 0.324 e. The molecule has 17 heavy (non-hydrogen) atoms. The van der Waals surface area contributed by atoms with Crippen molar-refractivity contribution < 1.29 is 18.4 Å². The van der Waals surface area contributed by atoms with Gasteiger partial charge in [-0.2, -0.15) is 0 Å². The molecule has 1 aromatic carbocycles. The van der Waals surface area contributed by atoms with E-state index < -0.39 is 17.7 Å². The Balaban J connectivity index is 1.98. The number of hydrogen-bond donors (Lipinski definition) is 1. The molecule has 0 spiro atoms. The summed E-state index contributed by atoms with van der Waals surface area (Å²) in [7, 11) is 0. The highest BCUT2D eigenvalue weighted by atomic mass is 19.1. The van der Waals surface area contributed by atoms with Gasteiger partial charge in [-0.1, -0.05) is 0 Å². The molecular formula is C11H10F2N2O2. The Hall–Kier alpha value is -1.98. The highest BCUT2D eigenvalue weighted by molar-refractivity contribution is 6.01. The van der Waals surface area contributed by atoms with E-state index >= 15 is 0 Å². The van der Waals surface area contributed by atoms with Crippen LogP contribution in [0.4, 0.5) is 13.6 Å². The van der Waals surface area contributed by atoms with Crippen LogP contribution in [0.1, 0.15) is 5.56 Å². The molecule has 1 aromatic rings. The van der Waals surface area contributed by atoms with E-state index in [9.17, 15) is 18.4 Å². The molecule has 0 bridgehead atoms. The zero-order valence-electron chi connectivity index (χ0n) is 8.87. The Morgan fingerprint density at radius 3 is 2.35 bits per heavy atom. The predicted molar refractivity (Wildman–Crippen MR) is 55.2 cm³/mol. The Bertz CT molecular complexity index is 456. The van der Waals surface area contributed by atoms with Crippen molar-refractivity contribution in [2.75, 3.05) is 13.1 Å². The predicted octanol–water partition coefficient (Wildman–Crippen LogP) is 1.06. The minimum Gasteiger partial charge on any atom is -0.315 e. The maximum Gasteiger partial charge on any atom is 0.324 e. The molecule has 0 unspecified atom stereocenters. The third-order valence-electron chi connectivity index (χ3n) is 2.46. The van der Waals surface area contributed by atoms with Crippen molar-refractivity contribution in [2.45, 2.75) is 6.42 Å². The Kier molecular flexibility index (Phi) is 3.03. The summed E-state index contributed by atoms with van der Waals surface area (Å²) in [6.07, 6.45) is 0.301. The van der Waals surface area contributed by atoms with Gasteiger partial charge in [0, 0.05) is 12.6 Å². The summed E-state index contributed by atoms with van der Waals surface area (Å²) >= 11 is 0. The number of rotatable bonds is 3. The molecule has 4 nitrogen and oxygen atoms in total. The highest BCUT2D eigenvalue weighted by Crippen LogP contribution is 2.10. The van der Waals surface area contributed by atoms with Crippen LogP contribution in [0.2, 0.25) is 0 Å². The zero-order valence-corrected chi connectivity index (χ0v) is 8.87. The van der Waals surface area contributed by atoms with Gasteiger partial charge in [0.25, 0.3) is 0 Å². The summed E-state index contributed by atoms with van der Waals surface area (Å²) in [5.74, 6) is -1.66. The number of amides is 3. The summed E-state index contributed by atoms with van der Waals surface area (Å²) in [4.78, 5) is 23.4. The quantitative estimate of drug-likeness (QED) is 0.803. The normalized spacial score (nSPS) is 15.3. The molecule has 0 aliphatic carbocycles. The second-order valence-corrected chi connectivity index (χ2v) is 3.80. The standard InChI is InChI=1S/C11H10F2N2O2/c12-8-3-7(4-9(13)5-8)1-2-15-6-10(16)14-11(15)17/h3-5H,1-2,6H2,(H,14,16,17). The fourth-order valence-corrected chi connectivity index (χ4v) is 1.68. The lowest BCUT2D eigenvalue weighted by Crippen LogP contribution is -2.30. The van der Waals surface area contributed by atoms with E-state index in [0.717, 1.165) is 6.07 Å². The van der Waals surface area contributed by atoms with Gasteiger partial charge in [0.2, 0.25) is 5.91 Å². The van der Waals surface area contributed by atoms with Crippen molar-refractivity contribution in [1.29, 1.82) is 0 Å². The van der Waals surface area contributed by atoms with Gasteiger partial charge in [-0.05, 0) is 24.1 Å². The molecule has 1 N–H and O–H groups in total. The van der Waals surface area contributed by atoms with Crippen LogP contribution < -0.4 is 5.32 Å². The summed E-state index contributed by atoms with van der Waals surface area (Å²) < 4.78 is 25.8. The van der Waals surface area contributed by atoms with Gasteiger partial charge in [-0.15, -0.1) is 0 Å². The van der Waals surface area contributed by atoms with Crippen molar-refractivity contribution in [2.24, 2.45) is 0 Å². The molecule has 0 atom stereocenters. The molecule has 1 saturated heterocycles. The van der Waals surface area contributed by atoms with E-state index in [1.165, 1.54) is 17.0 Å². The number of carbonyl (C=O) groups excluding carboxylic acids is 2. The van der Waals surface area contributed by atoms with Crippen LogP contribution in [0.15, 0.2) is 18.2 Å². The van der Waals surface area contributed by atoms with Gasteiger partial charge in [0.15, 0.2) is 0 Å². The van der Waals surface area contributed by atoms with Crippen LogP contribution >= 0.6 is 0 Å². The number of nitrogens with one attached hydrogen (secondary N) is 1. The average Bonchev–Trinajstić information content (AvgIpc) is 2.53. The Morgan fingerprint density at radius 2 is 1.82 bits per heavy atom. The summed E-state index contributed by atoms with van der Waals surface area (Å²) in [6.45, 7) is 0.247. The van der Waals surface area contributed by atoms with Gasteiger partial charge in [-0.25, -0.2) is 13.6 Å². The lowest BCUT2D eigenvalue weighted by Gasteiger charge is -2.12. The van der Waals surface area contributed by atoms with Crippen LogP contribution in [0.25, 0.3) is 0 Å². The van der Waals surface area contributed by atoms with Crippen LogP contribution in [0, 0.1) is 11.6 Å². The molecule has 0 aromatic heterocycles. The zero-order chi connectivity index (χ0) is 12.4. The van der Waals surface area contributed by atoms with Crippen molar-refractivity contribution in [3.05, 3.63) is 35.4 Å². The van der Waals surface area contributed by atoms with Gasteiger partial charge in [0.05, 0.1) is 0 Å². The molecule has 3 amide bonds. The van der Waals surface area contributed by atoms with Gasteiger partial charge in [0.1, 0.15) is 18.2 Å². The molecule has 6 heteroatoms. The van der Waals surface area contributed by atoms with E-state index in [2.05, 4.69) is 5.32 Å². The van der Waals surface area contributed by atoms with Crippen LogP contribution in [-0.4, -0.2) is 29.9 Å². The molecule has 1 aliphatic rings. The summed E-state index contributed by atoms with van der Waals surface area (Å²) in [6, 6.07) is 2.74. The second kappa shape index (κ2) is 4.48. The third-order valence-corrected chi connectivity index (χ3v) is 2.46. The minimum absolute atomic E-state index is 0.00334. The van der Waals surface area contributed by atoms with Gasteiger partial charge in [-0.3, -0.25) is 10.1 Å². The molecule has 90 valence electrons. The molecule has 1 heterocycles. The Labute approximate surface area is 96.2 Å². The average molecular weight is 240 g/mol. The highest BCUT2D eigenvalue weighted by Gasteiger charge is 2.25. The van der Waals surface area contributed by atoms with Crippen LogP contribution in [-0.2, 0) is 11.2 Å². The maximum atomic E-state index is 12.9. The fourth-order valence-electron chi connectivity index (χ4n) is 1.68. The number of halogens is 2. The first-order chi connectivity index (χ1) is 8.04. The van der Waals surface area contributed by atoms with Crippen molar-refractivity contribution in [3.8, 4) is 0 Å². The van der Waals surface area contributed by atoms with E-state index in [0.29, 0.717) is 12.0 Å². The molecule has 1 aliphatic heterocycles. The van der Waals surface area contributed by atoms with Crippen molar-refractivity contribution in [3.63, 3.8) is 0 Å². The topological polar surface area (TPSA) is 49.4 Å². The number of imide groups is 1. The van der Waals surface area contributed by atoms with E-state index in [1.54, 1.807) is 0 Å². The number of benzene rings is 1. The lowest BCUT2D eigenvalue weighted by atomic mass is 10.1. The number of urea groups is 1. The molecule has 2 rings (SSSR count). The van der Waals surface area contributed by atoms with Gasteiger partial charge >= 0.3 is 6.03 Å². The molecule has 1 fully saturated rings. The van der Waals surface area contributed by atoms with Crippen LogP contribution in [0.3, 0.4) is 0 Å². The summed E-state index contributed by atoms with van der Waals surface area (Å²) in [5.41, 5.74) is 0.453. The molecular weight excluding hydrogens is 230 g/mol. The lowest BCUT2D eigenvalue weighted by molar-refractivity contribution is -0.118. The maximum absolute atomic E-state index is 12.9. The van der Waals surface area contributed by atoms with Crippen LogP contribution in [0.5, 0.6) is 0 Å². The Morgan fingerprint density at radius 1 is 1.18 bits per heavy atom. The second-order valence-electron chi connectivity index (χ2n) is 3.80. The van der Waals surface area contributed by atoms with Crippen molar-refractivity contribution >= 4 is 11.9 Å². The van der Waals surface area contributed by atoms with Crippen molar-refractivity contribution in [1.82, 2.24) is 10.2 Å². The minimum atomic E-state index is -0.651. The fraction of sp³-hybridized carbons (Fsp3) is 0.273. The van der Waals surface area contributed by atoms with E-state index in [-0.39, 0.29) is 19.0 Å². The first kappa shape index (κ1) is 11.5. The third kappa shape index (κ3) is 2.77. The number of nitrogens with zero attached hydrogens (tertiary/aromatic N) is 1. The number of carbonyl (C=O) groups is 2. The first-order valence-corrected chi connectivity index (χ1v) is 5.08. The molecule has 0 radical (unpaired) electrons. The number of hydrogen-bond acceptors (Lipinski definition) is 2. The monoisotopic (exact) mass is 240 g/mol. The van der Waals surface area contributed by atoms with Gasteiger partial charge < -0.3 is 4.90 Å². The van der Waals surface area contributed by atoms with E-state index in [1.807, 2.05) is 0 Å². The smallest absolute Gasteiger partial charge is 0.315 e. The molecule has 0 saturated carbocycles. The first-order valence-electron chi connectivity index (χ1n) is 5.08.